The first kappa shape index (κ1) is 18.0. The maximum atomic E-state index is 12.6. The Labute approximate surface area is 163 Å². The number of hydroxylamine groups is 2. The number of rotatable bonds is 3. The van der Waals surface area contributed by atoms with Crippen LogP contribution in [0.3, 0.4) is 0 Å². The van der Waals surface area contributed by atoms with E-state index in [1.165, 1.54) is 0 Å². The Morgan fingerprint density at radius 2 is 2.29 bits per heavy atom. The first-order chi connectivity index (χ1) is 13.6. The van der Waals surface area contributed by atoms with Crippen LogP contribution in [0, 0.1) is 5.92 Å². The maximum Gasteiger partial charge on any atom is 0.313 e. The predicted molar refractivity (Wildman–Crippen MR) is 99.0 cm³/mol. The number of ether oxygens (including phenoxy) is 3. The van der Waals surface area contributed by atoms with Gasteiger partial charge >= 0.3 is 5.97 Å². The Hall–Kier alpha value is -2.09. The summed E-state index contributed by atoms with van der Waals surface area (Å²) in [6.07, 6.45) is 4.56. The number of nitrogens with zero attached hydrogens (tertiary/aromatic N) is 1. The van der Waals surface area contributed by atoms with E-state index in [2.05, 4.69) is 6.08 Å². The molecule has 0 aromatic heterocycles. The summed E-state index contributed by atoms with van der Waals surface area (Å²) in [5.41, 5.74) is 1.73. The fourth-order valence-corrected chi connectivity index (χ4v) is 5.26. The SMILES string of the molecule is CCOC(=O)C1CON2CCC34C=CC(O)CC3Oc3c(OC)ccc(c34)C12. The molecule has 3 aliphatic heterocycles. The average Bonchev–Trinajstić information content (AvgIpc) is 3.22. The quantitative estimate of drug-likeness (QED) is 0.627. The van der Waals surface area contributed by atoms with E-state index in [0.29, 0.717) is 31.9 Å². The summed E-state index contributed by atoms with van der Waals surface area (Å²) >= 11 is 0. The molecule has 7 nitrogen and oxygen atoms in total. The Bertz CT molecular complexity index is 838. The zero-order valence-corrected chi connectivity index (χ0v) is 16.1. The molecule has 1 aromatic carbocycles. The fraction of sp³-hybridized carbons (Fsp3) is 0.571. The van der Waals surface area contributed by atoms with E-state index in [1.54, 1.807) is 7.11 Å². The summed E-state index contributed by atoms with van der Waals surface area (Å²) < 4.78 is 17.2. The second-order valence-corrected chi connectivity index (χ2v) is 7.86. The van der Waals surface area contributed by atoms with Gasteiger partial charge in [0.25, 0.3) is 0 Å². The van der Waals surface area contributed by atoms with Gasteiger partial charge in [-0.15, -0.1) is 0 Å². The molecular formula is C21H25NO6. The topological polar surface area (TPSA) is 77.5 Å². The number of hydrogen-bond acceptors (Lipinski definition) is 7. The van der Waals surface area contributed by atoms with Crippen LogP contribution in [0.1, 0.15) is 36.9 Å². The Kier molecular flexibility index (Phi) is 4.15. The van der Waals surface area contributed by atoms with Gasteiger partial charge in [0.2, 0.25) is 0 Å². The molecule has 150 valence electrons. The van der Waals surface area contributed by atoms with E-state index in [0.717, 1.165) is 23.3 Å². The van der Waals surface area contributed by atoms with Gasteiger partial charge in [-0.1, -0.05) is 18.2 Å². The number of aliphatic hydroxyl groups excluding tert-OH is 1. The van der Waals surface area contributed by atoms with Crippen LogP contribution in [-0.2, 0) is 19.8 Å². The molecule has 3 heterocycles. The summed E-state index contributed by atoms with van der Waals surface area (Å²) in [6.45, 7) is 3.14. The van der Waals surface area contributed by atoms with E-state index in [4.69, 9.17) is 19.0 Å². The number of hydrogen-bond donors (Lipinski definition) is 1. The van der Waals surface area contributed by atoms with Crippen molar-refractivity contribution in [2.24, 2.45) is 5.92 Å². The summed E-state index contributed by atoms with van der Waals surface area (Å²) in [6, 6.07) is 3.69. The van der Waals surface area contributed by atoms with E-state index < -0.39 is 6.10 Å². The van der Waals surface area contributed by atoms with Crippen molar-refractivity contribution in [3.63, 3.8) is 0 Å². The zero-order chi connectivity index (χ0) is 19.5. The molecule has 28 heavy (non-hydrogen) atoms. The molecule has 5 atom stereocenters. The largest absolute Gasteiger partial charge is 0.493 e. The highest BCUT2D eigenvalue weighted by Gasteiger charge is 2.57. The van der Waals surface area contributed by atoms with Gasteiger partial charge in [-0.05, 0) is 25.0 Å². The molecule has 5 unspecified atom stereocenters. The fourth-order valence-electron chi connectivity index (χ4n) is 5.26. The minimum Gasteiger partial charge on any atom is -0.493 e. The number of carbonyl (C=O) groups is 1. The highest BCUT2D eigenvalue weighted by molar-refractivity contribution is 5.75. The van der Waals surface area contributed by atoms with Crippen LogP contribution >= 0.6 is 0 Å². The van der Waals surface area contributed by atoms with E-state index in [1.807, 2.05) is 30.2 Å². The van der Waals surface area contributed by atoms with Crippen LogP contribution in [-0.4, -0.2) is 55.2 Å². The molecule has 1 spiro atoms. The third-order valence-corrected chi connectivity index (χ3v) is 6.51. The van der Waals surface area contributed by atoms with E-state index >= 15 is 0 Å². The molecule has 4 aliphatic rings. The number of carbonyl (C=O) groups excluding carboxylic acids is 1. The van der Waals surface area contributed by atoms with Gasteiger partial charge in [-0.3, -0.25) is 9.63 Å². The van der Waals surface area contributed by atoms with Crippen molar-refractivity contribution in [1.29, 1.82) is 0 Å². The molecular weight excluding hydrogens is 362 g/mol. The van der Waals surface area contributed by atoms with Crippen LogP contribution in [0.4, 0.5) is 0 Å². The molecule has 1 aliphatic carbocycles. The lowest BCUT2D eigenvalue weighted by Gasteiger charge is -2.35. The monoisotopic (exact) mass is 387 g/mol. The number of aliphatic hydroxyl groups is 1. The number of benzene rings is 1. The molecule has 5 rings (SSSR count). The smallest absolute Gasteiger partial charge is 0.313 e. The predicted octanol–water partition coefficient (Wildman–Crippen LogP) is 1.89. The molecule has 0 radical (unpaired) electrons. The highest BCUT2D eigenvalue weighted by Crippen LogP contribution is 2.58. The van der Waals surface area contributed by atoms with Crippen molar-refractivity contribution in [1.82, 2.24) is 5.06 Å². The Morgan fingerprint density at radius 1 is 1.43 bits per heavy atom. The van der Waals surface area contributed by atoms with Crippen molar-refractivity contribution in [2.45, 2.75) is 43.4 Å². The average molecular weight is 387 g/mol. The molecule has 1 saturated heterocycles. The van der Waals surface area contributed by atoms with Gasteiger partial charge in [-0.2, -0.15) is 5.06 Å². The first-order valence-electron chi connectivity index (χ1n) is 9.90. The van der Waals surface area contributed by atoms with Crippen LogP contribution in [0.25, 0.3) is 0 Å². The third kappa shape index (κ3) is 2.36. The van der Waals surface area contributed by atoms with Gasteiger partial charge in [0, 0.05) is 18.5 Å². The molecule has 0 amide bonds. The van der Waals surface area contributed by atoms with Crippen molar-refractivity contribution < 1.29 is 28.9 Å². The van der Waals surface area contributed by atoms with Crippen LogP contribution < -0.4 is 9.47 Å². The molecule has 1 fully saturated rings. The minimum absolute atomic E-state index is 0.168. The molecule has 1 N–H and O–H groups in total. The van der Waals surface area contributed by atoms with Crippen LogP contribution in [0.5, 0.6) is 11.5 Å². The minimum atomic E-state index is -0.522. The highest BCUT2D eigenvalue weighted by atomic mass is 16.7. The molecule has 7 heteroatoms. The van der Waals surface area contributed by atoms with Gasteiger partial charge in [-0.25, -0.2) is 0 Å². The lowest BCUT2D eigenvalue weighted by atomic mass is 9.68. The summed E-state index contributed by atoms with van der Waals surface area (Å²) in [5, 5.41) is 12.1. The van der Waals surface area contributed by atoms with Crippen molar-refractivity contribution in [3.05, 3.63) is 35.4 Å². The summed E-state index contributed by atoms with van der Waals surface area (Å²) in [7, 11) is 1.63. The summed E-state index contributed by atoms with van der Waals surface area (Å²) in [5.74, 6) is 0.779. The van der Waals surface area contributed by atoms with Gasteiger partial charge < -0.3 is 19.3 Å². The normalized spacial score (nSPS) is 35.4. The maximum absolute atomic E-state index is 12.6. The van der Waals surface area contributed by atoms with Crippen molar-refractivity contribution in [2.75, 3.05) is 26.9 Å². The number of methoxy groups -OCH3 is 1. The van der Waals surface area contributed by atoms with Crippen LogP contribution in [0.2, 0.25) is 0 Å². The second-order valence-electron chi connectivity index (χ2n) is 7.86. The number of esters is 1. The molecule has 1 aromatic rings. The second kappa shape index (κ2) is 6.47. The van der Waals surface area contributed by atoms with Gasteiger partial charge in [0.05, 0.1) is 37.9 Å². The lowest BCUT2D eigenvalue weighted by molar-refractivity contribution is -0.148. The standard InChI is InChI=1S/C21H25NO6/c1-3-26-20(24)14-11-27-22-9-8-21-7-6-12(23)10-16(21)28-19-15(25-2)5-4-13(17(19)21)18(14)22/h4-7,12,14,16,18,23H,3,8-11H2,1-2H3. The van der Waals surface area contributed by atoms with Gasteiger partial charge in [0.15, 0.2) is 11.5 Å². The lowest BCUT2D eigenvalue weighted by Crippen LogP contribution is -2.42. The van der Waals surface area contributed by atoms with E-state index in [9.17, 15) is 9.90 Å². The van der Waals surface area contributed by atoms with E-state index in [-0.39, 0.29) is 29.4 Å². The van der Waals surface area contributed by atoms with Crippen molar-refractivity contribution >= 4 is 5.97 Å². The zero-order valence-electron chi connectivity index (χ0n) is 16.1. The van der Waals surface area contributed by atoms with Crippen molar-refractivity contribution in [3.8, 4) is 11.5 Å². The molecule has 0 saturated carbocycles. The summed E-state index contributed by atoms with van der Waals surface area (Å²) in [4.78, 5) is 18.5. The number of fused-ring (bicyclic) bond motifs is 2. The first-order valence-corrected chi connectivity index (χ1v) is 9.90. The molecule has 0 bridgehead atoms. The Morgan fingerprint density at radius 3 is 3.07 bits per heavy atom. The van der Waals surface area contributed by atoms with Crippen LogP contribution in [0.15, 0.2) is 24.3 Å². The third-order valence-electron chi connectivity index (χ3n) is 6.51. The van der Waals surface area contributed by atoms with Gasteiger partial charge in [0.1, 0.15) is 12.0 Å². The Balaban J connectivity index is 1.68.